The number of aromatic nitrogens is 7. The Morgan fingerprint density at radius 2 is 1.90 bits per heavy atom. The number of aryl methyl sites for hydroxylation is 1. The predicted octanol–water partition coefficient (Wildman–Crippen LogP) is 4.76. The number of carbonyl (C=O) groups is 2. The highest BCUT2D eigenvalue weighted by atomic mass is 35.5. The normalized spacial score (nSPS) is 16.7. The van der Waals surface area contributed by atoms with Gasteiger partial charge in [0.2, 0.25) is 17.6 Å². The molecule has 4 aromatic heterocycles. The Hall–Kier alpha value is -5.58. The number of piperidine rings is 1. The number of nitrogens with zero attached hydrogens (tertiary/aromatic N) is 8. The third-order valence-electron chi connectivity index (χ3n) is 9.77. The number of rotatable bonds is 6. The maximum Gasteiger partial charge on any atom is 0.416 e. The Kier molecular flexibility index (Phi) is 8.63. The van der Waals surface area contributed by atoms with Crippen molar-refractivity contribution in [3.8, 4) is 23.0 Å². The molecule has 1 saturated heterocycles. The van der Waals surface area contributed by atoms with Crippen LogP contribution in [0.4, 0.5) is 18.9 Å². The fourth-order valence-electron chi connectivity index (χ4n) is 7.35. The molecule has 1 aromatic carbocycles. The summed E-state index contributed by atoms with van der Waals surface area (Å²) < 4.78 is 47.9. The van der Waals surface area contributed by atoms with Crippen molar-refractivity contribution in [2.24, 2.45) is 0 Å². The number of hydrogen-bond donors (Lipinski definition) is 2. The van der Waals surface area contributed by atoms with E-state index in [0.29, 0.717) is 36.1 Å². The van der Waals surface area contributed by atoms with E-state index < -0.39 is 34.5 Å². The fourth-order valence-corrected chi connectivity index (χ4v) is 7.58. The van der Waals surface area contributed by atoms with Crippen LogP contribution in [0.2, 0.25) is 5.02 Å². The minimum Gasteiger partial charge on any atom is -0.504 e. The Morgan fingerprint density at radius 1 is 1.15 bits per heavy atom. The molecule has 1 aliphatic heterocycles. The topological polar surface area (TPSA) is 170 Å². The van der Waals surface area contributed by atoms with E-state index >= 15 is 0 Å². The molecule has 1 aliphatic carbocycles. The Morgan fingerprint density at radius 3 is 2.60 bits per heavy atom. The van der Waals surface area contributed by atoms with Crippen LogP contribution < -0.4 is 15.6 Å². The molecule has 1 spiro atoms. The van der Waals surface area contributed by atoms with Gasteiger partial charge in [0.15, 0.2) is 17.3 Å². The van der Waals surface area contributed by atoms with E-state index in [-0.39, 0.29) is 70.9 Å². The molecule has 2 N–H and O–H groups in total. The maximum atomic E-state index is 14.5. The summed E-state index contributed by atoms with van der Waals surface area (Å²) in [5, 5.41) is 17.3. The SMILES string of the molecule is COc1ncccc1-c1nc2n(CC(=O)Nc3ccc(C(F)(F)F)cc3Cl)c3c(c(=O)n2n1)C1(CCN(C(=O)c2ncnc(C)c2O)CC1)C[C@H]3C. The van der Waals surface area contributed by atoms with Gasteiger partial charge in [0.25, 0.3) is 11.5 Å². The summed E-state index contributed by atoms with van der Waals surface area (Å²) in [5.74, 6) is -1.24. The average molecular weight is 738 g/mol. The number of alkyl halides is 3. The summed E-state index contributed by atoms with van der Waals surface area (Å²) >= 11 is 6.15. The van der Waals surface area contributed by atoms with Gasteiger partial charge in [-0.25, -0.2) is 15.0 Å². The minimum atomic E-state index is -4.62. The number of ether oxygens (including phenoxy) is 1. The van der Waals surface area contributed by atoms with Crippen molar-refractivity contribution in [2.45, 2.75) is 57.2 Å². The van der Waals surface area contributed by atoms with Crippen molar-refractivity contribution in [3.63, 3.8) is 0 Å². The van der Waals surface area contributed by atoms with Crippen molar-refractivity contribution >= 4 is 34.9 Å². The number of fused-ring (bicyclic) bond motifs is 3. The summed E-state index contributed by atoms with van der Waals surface area (Å²) in [7, 11) is 1.43. The number of nitrogens with one attached hydrogen (secondary N) is 1. The monoisotopic (exact) mass is 737 g/mol. The Bertz CT molecular complexity index is 2320. The molecule has 0 unspecified atom stereocenters. The largest absolute Gasteiger partial charge is 0.504 e. The highest BCUT2D eigenvalue weighted by molar-refractivity contribution is 6.33. The van der Waals surface area contributed by atoms with Crippen LogP contribution in [-0.2, 0) is 22.9 Å². The molecule has 5 heterocycles. The number of methoxy groups -OCH3 is 1. The van der Waals surface area contributed by atoms with Crippen LogP contribution in [0, 0.1) is 6.92 Å². The highest BCUT2D eigenvalue weighted by Gasteiger charge is 2.49. The van der Waals surface area contributed by atoms with Gasteiger partial charge in [-0.2, -0.15) is 22.7 Å². The summed E-state index contributed by atoms with van der Waals surface area (Å²) in [5.41, 5.74) is -0.546. The average Bonchev–Trinajstić information content (AvgIpc) is 3.68. The maximum absolute atomic E-state index is 14.5. The zero-order chi connectivity index (χ0) is 37.1. The van der Waals surface area contributed by atoms with Crippen molar-refractivity contribution in [2.75, 3.05) is 25.5 Å². The minimum absolute atomic E-state index is 0.0258. The van der Waals surface area contributed by atoms with Crippen LogP contribution in [-0.4, -0.2) is 76.1 Å². The molecule has 0 bridgehead atoms. The number of hydrogen-bond acceptors (Lipinski definition) is 10. The quantitative estimate of drug-likeness (QED) is 0.248. The molecular formula is C34H31ClF3N9O5. The molecule has 270 valence electrons. The van der Waals surface area contributed by atoms with E-state index in [4.69, 9.17) is 16.3 Å². The first-order chi connectivity index (χ1) is 24.7. The van der Waals surface area contributed by atoms with Crippen LogP contribution in [0.1, 0.15) is 65.1 Å². The number of carbonyl (C=O) groups excluding carboxylic acids is 2. The lowest BCUT2D eigenvalue weighted by molar-refractivity contribution is -0.137. The Labute approximate surface area is 298 Å². The molecule has 2 amide bonds. The van der Waals surface area contributed by atoms with Gasteiger partial charge in [0, 0.05) is 36.0 Å². The summed E-state index contributed by atoms with van der Waals surface area (Å²) in [6.07, 6.45) is -0.562. The number of likely N-dealkylation sites (tertiary alicyclic amines) is 1. The Balaban J connectivity index is 1.29. The lowest BCUT2D eigenvalue weighted by Crippen LogP contribution is -2.46. The van der Waals surface area contributed by atoms with Gasteiger partial charge in [-0.05, 0) is 62.4 Å². The summed E-state index contributed by atoms with van der Waals surface area (Å²) in [6, 6.07) is 5.96. The van der Waals surface area contributed by atoms with Gasteiger partial charge in [0.1, 0.15) is 12.9 Å². The third-order valence-corrected chi connectivity index (χ3v) is 10.1. The predicted molar refractivity (Wildman–Crippen MR) is 180 cm³/mol. The van der Waals surface area contributed by atoms with Crippen LogP contribution in [0.3, 0.4) is 0 Å². The van der Waals surface area contributed by atoms with E-state index in [0.717, 1.165) is 22.7 Å². The van der Waals surface area contributed by atoms with Crippen LogP contribution >= 0.6 is 11.6 Å². The van der Waals surface area contributed by atoms with Crippen LogP contribution in [0.5, 0.6) is 11.6 Å². The van der Waals surface area contributed by atoms with E-state index in [1.807, 2.05) is 6.92 Å². The molecule has 52 heavy (non-hydrogen) atoms. The van der Waals surface area contributed by atoms with E-state index in [1.165, 1.54) is 19.6 Å². The second kappa shape index (κ2) is 12.9. The number of halogens is 4. The van der Waals surface area contributed by atoms with Gasteiger partial charge >= 0.3 is 6.18 Å². The highest BCUT2D eigenvalue weighted by Crippen LogP contribution is 2.50. The fraction of sp³-hybridized carbons (Fsp3) is 0.353. The van der Waals surface area contributed by atoms with Gasteiger partial charge < -0.3 is 24.6 Å². The summed E-state index contributed by atoms with van der Waals surface area (Å²) in [4.78, 5) is 59.9. The zero-order valence-electron chi connectivity index (χ0n) is 28.0. The van der Waals surface area contributed by atoms with Crippen molar-refractivity contribution in [1.29, 1.82) is 0 Å². The first kappa shape index (κ1) is 34.9. The zero-order valence-corrected chi connectivity index (χ0v) is 28.8. The van der Waals surface area contributed by atoms with Gasteiger partial charge in [-0.15, -0.1) is 5.10 Å². The second-order valence-corrected chi connectivity index (χ2v) is 13.3. The molecule has 0 saturated carbocycles. The lowest BCUT2D eigenvalue weighted by atomic mass is 9.73. The van der Waals surface area contributed by atoms with E-state index in [1.54, 1.807) is 28.5 Å². The van der Waals surface area contributed by atoms with Gasteiger partial charge in [0.05, 0.1) is 34.6 Å². The van der Waals surface area contributed by atoms with E-state index in [9.17, 15) is 32.7 Å². The number of aromatic hydroxyl groups is 1. The molecule has 5 aromatic rings. The smallest absolute Gasteiger partial charge is 0.416 e. The standard InChI is InChI=1S/C34H31ClF3N9O5/c1-17-14-33(8-11-45(12-9-33)31(51)25-27(49)18(2)40-16-41-25)24-26(17)46(15-23(48)42-22-7-6-19(13-21(22)35)34(36,37)38)32-43-28(44-47(32)30(24)50)20-5-4-10-39-29(20)52-3/h4-7,10,13,16-17,49H,8-9,11-12,14-15H2,1-3H3,(H,42,48)/t17-/m1/s1. The second-order valence-electron chi connectivity index (χ2n) is 12.9. The first-order valence-corrected chi connectivity index (χ1v) is 16.6. The molecular weight excluding hydrogens is 707 g/mol. The number of amides is 2. The van der Waals surface area contributed by atoms with Crippen molar-refractivity contribution in [1.82, 2.24) is 39.0 Å². The van der Waals surface area contributed by atoms with Crippen LogP contribution in [0.25, 0.3) is 17.2 Å². The number of pyridine rings is 1. The first-order valence-electron chi connectivity index (χ1n) is 16.2. The molecule has 0 radical (unpaired) electrons. The van der Waals surface area contributed by atoms with Crippen molar-refractivity contribution in [3.05, 3.63) is 86.4 Å². The molecule has 18 heteroatoms. The number of benzene rings is 1. The molecule has 1 fully saturated rings. The molecule has 1 atom stereocenters. The van der Waals surface area contributed by atoms with Gasteiger partial charge in [-0.3, -0.25) is 14.4 Å². The molecule has 7 rings (SSSR count). The molecule has 14 nitrogen and oxygen atoms in total. The molecule has 2 aliphatic rings. The van der Waals surface area contributed by atoms with Crippen molar-refractivity contribution < 1.29 is 32.6 Å². The van der Waals surface area contributed by atoms with Crippen LogP contribution in [0.15, 0.2) is 47.7 Å². The van der Waals surface area contributed by atoms with Gasteiger partial charge in [-0.1, -0.05) is 18.5 Å². The lowest BCUT2D eigenvalue weighted by Gasteiger charge is -2.39. The van der Waals surface area contributed by atoms with E-state index in [2.05, 4.69) is 30.4 Å². The third kappa shape index (κ3) is 5.87. The summed E-state index contributed by atoms with van der Waals surface area (Å²) in [6.45, 7) is 3.63. The number of anilines is 1.